The molecule has 0 aliphatic heterocycles. The van der Waals surface area contributed by atoms with E-state index >= 15 is 0 Å². The fraction of sp³-hybridized carbons (Fsp3) is 0.250. The molecule has 0 fully saturated rings. The second-order valence-corrected chi connectivity index (χ2v) is 8.73. The predicted molar refractivity (Wildman–Crippen MR) is 103 cm³/mol. The van der Waals surface area contributed by atoms with Gasteiger partial charge in [-0.05, 0) is 44.2 Å². The van der Waals surface area contributed by atoms with Crippen molar-refractivity contribution < 1.29 is 21.6 Å². The molecule has 0 aliphatic rings. The van der Waals surface area contributed by atoms with Crippen LogP contribution in [0.25, 0.3) is 5.69 Å². The van der Waals surface area contributed by atoms with Crippen LogP contribution in [0.2, 0.25) is 0 Å². The van der Waals surface area contributed by atoms with Gasteiger partial charge in [0.15, 0.2) is 0 Å². The fourth-order valence-corrected chi connectivity index (χ4v) is 4.23. The Hall–Kier alpha value is -2.65. The molecule has 0 spiro atoms. The van der Waals surface area contributed by atoms with Crippen LogP contribution in [0, 0.1) is 13.8 Å². The van der Waals surface area contributed by atoms with Crippen LogP contribution in [0.4, 0.5) is 13.2 Å². The van der Waals surface area contributed by atoms with E-state index < -0.39 is 26.7 Å². The summed E-state index contributed by atoms with van der Waals surface area (Å²) in [6.07, 6.45) is -4.62. The second kappa shape index (κ2) is 7.64. The highest BCUT2D eigenvalue weighted by molar-refractivity contribution is 7.89. The Bertz CT molecular complexity index is 1120. The molecule has 9 heteroatoms. The molecule has 0 unspecified atom stereocenters. The summed E-state index contributed by atoms with van der Waals surface area (Å²) in [5.74, 6) is 0. The first kappa shape index (κ1) is 21.1. The van der Waals surface area contributed by atoms with Crippen LogP contribution in [0.3, 0.4) is 0 Å². The molecule has 0 saturated carbocycles. The van der Waals surface area contributed by atoms with Gasteiger partial charge in [-0.3, -0.25) is 0 Å². The number of nitrogens with zero attached hydrogens (tertiary/aromatic N) is 3. The Labute approximate surface area is 167 Å². The molecule has 1 aromatic heterocycles. The summed E-state index contributed by atoms with van der Waals surface area (Å²) in [7, 11) is -2.77. The van der Waals surface area contributed by atoms with E-state index in [4.69, 9.17) is 0 Å². The highest BCUT2D eigenvalue weighted by Crippen LogP contribution is 2.31. The van der Waals surface area contributed by atoms with Gasteiger partial charge >= 0.3 is 6.18 Å². The first-order valence-corrected chi connectivity index (χ1v) is 10.2. The molecule has 0 bridgehead atoms. The lowest BCUT2D eigenvalue weighted by Crippen LogP contribution is -2.27. The number of para-hydroxylation sites is 1. The normalized spacial score (nSPS) is 12.5. The summed E-state index contributed by atoms with van der Waals surface area (Å²) in [6, 6.07) is 13.1. The van der Waals surface area contributed by atoms with Crippen molar-refractivity contribution in [1.29, 1.82) is 0 Å². The number of halogens is 3. The minimum absolute atomic E-state index is 0.0108. The Morgan fingerprint density at radius 2 is 1.69 bits per heavy atom. The average molecular weight is 423 g/mol. The predicted octanol–water partition coefficient (Wildman–Crippen LogP) is 4.33. The number of sulfonamides is 1. The van der Waals surface area contributed by atoms with E-state index in [0.29, 0.717) is 17.3 Å². The second-order valence-electron chi connectivity index (χ2n) is 6.68. The zero-order valence-corrected chi connectivity index (χ0v) is 16.9. The lowest BCUT2D eigenvalue weighted by molar-refractivity contribution is -0.137. The Kier molecular flexibility index (Phi) is 5.55. The maximum atomic E-state index is 13.0. The Balaban J connectivity index is 1.93. The van der Waals surface area contributed by atoms with Crippen molar-refractivity contribution in [2.75, 3.05) is 7.05 Å². The number of aromatic nitrogens is 2. The topological polar surface area (TPSA) is 55.2 Å². The average Bonchev–Trinajstić information content (AvgIpc) is 2.96. The first-order chi connectivity index (χ1) is 13.5. The number of hydrogen-bond acceptors (Lipinski definition) is 3. The van der Waals surface area contributed by atoms with Crippen LogP contribution in [-0.4, -0.2) is 29.6 Å². The van der Waals surface area contributed by atoms with Crippen molar-refractivity contribution in [3.8, 4) is 5.69 Å². The number of rotatable bonds is 5. The minimum atomic E-state index is -4.62. The zero-order valence-electron chi connectivity index (χ0n) is 16.1. The van der Waals surface area contributed by atoms with Crippen molar-refractivity contribution in [3.63, 3.8) is 0 Å². The van der Waals surface area contributed by atoms with Gasteiger partial charge in [0.05, 0.1) is 21.8 Å². The van der Waals surface area contributed by atoms with E-state index in [1.807, 2.05) is 37.3 Å². The largest absolute Gasteiger partial charge is 0.416 e. The summed E-state index contributed by atoms with van der Waals surface area (Å²) in [5, 5.41) is 4.48. The summed E-state index contributed by atoms with van der Waals surface area (Å²) >= 11 is 0. The molecule has 29 heavy (non-hydrogen) atoms. The molecular weight excluding hydrogens is 403 g/mol. The van der Waals surface area contributed by atoms with Gasteiger partial charge in [-0.2, -0.15) is 22.6 Å². The van der Waals surface area contributed by atoms with Crippen molar-refractivity contribution in [1.82, 2.24) is 14.1 Å². The molecule has 5 nitrogen and oxygen atoms in total. The first-order valence-electron chi connectivity index (χ1n) is 8.76. The van der Waals surface area contributed by atoms with Gasteiger partial charge in [-0.15, -0.1) is 0 Å². The van der Waals surface area contributed by atoms with Gasteiger partial charge in [0, 0.05) is 24.8 Å². The molecule has 0 N–H and O–H groups in total. The molecule has 0 atom stereocenters. The van der Waals surface area contributed by atoms with E-state index in [2.05, 4.69) is 5.10 Å². The van der Waals surface area contributed by atoms with Crippen LogP contribution < -0.4 is 0 Å². The third kappa shape index (κ3) is 4.20. The highest BCUT2D eigenvalue weighted by Gasteiger charge is 2.32. The van der Waals surface area contributed by atoms with E-state index in [1.54, 1.807) is 11.6 Å². The summed E-state index contributed by atoms with van der Waals surface area (Å²) in [6.45, 7) is 3.59. The fourth-order valence-electron chi connectivity index (χ4n) is 3.04. The van der Waals surface area contributed by atoms with E-state index in [-0.39, 0.29) is 6.54 Å². The van der Waals surface area contributed by atoms with Gasteiger partial charge in [-0.25, -0.2) is 13.1 Å². The van der Waals surface area contributed by atoms with E-state index in [9.17, 15) is 21.6 Å². The standard InChI is InChI=1S/C20H20F3N3O2S/c1-14-19(15(2)26(24-14)17-9-5-4-6-10-17)13-25(3)29(27,28)18-11-7-8-16(12-18)20(21,22)23/h4-12H,13H2,1-3H3. The van der Waals surface area contributed by atoms with Crippen LogP contribution >= 0.6 is 0 Å². The molecule has 3 aromatic rings. The molecule has 3 rings (SSSR count). The molecule has 0 amide bonds. The SMILES string of the molecule is Cc1nn(-c2ccccc2)c(C)c1CN(C)S(=O)(=O)c1cccc(C(F)(F)F)c1. The third-order valence-electron chi connectivity index (χ3n) is 4.69. The maximum absolute atomic E-state index is 13.0. The molecule has 154 valence electrons. The van der Waals surface area contributed by atoms with Crippen molar-refractivity contribution >= 4 is 10.0 Å². The summed E-state index contributed by atoms with van der Waals surface area (Å²) in [4.78, 5) is -0.402. The van der Waals surface area contributed by atoms with Gasteiger partial charge in [0.25, 0.3) is 0 Å². The molecule has 1 heterocycles. The maximum Gasteiger partial charge on any atom is 0.416 e. The monoisotopic (exact) mass is 423 g/mol. The van der Waals surface area contributed by atoms with Gasteiger partial charge in [0.1, 0.15) is 0 Å². The summed E-state index contributed by atoms with van der Waals surface area (Å²) in [5.41, 5.74) is 1.95. The number of alkyl halides is 3. The van der Waals surface area contributed by atoms with Gasteiger partial charge in [0.2, 0.25) is 10.0 Å². The van der Waals surface area contributed by atoms with Crippen molar-refractivity contribution in [2.45, 2.75) is 31.5 Å². The van der Waals surface area contributed by atoms with Gasteiger partial charge < -0.3 is 0 Å². The van der Waals surface area contributed by atoms with Crippen molar-refractivity contribution in [2.24, 2.45) is 0 Å². The van der Waals surface area contributed by atoms with Gasteiger partial charge in [-0.1, -0.05) is 24.3 Å². The molecule has 0 aliphatic carbocycles. The highest BCUT2D eigenvalue weighted by atomic mass is 32.2. The number of benzene rings is 2. The van der Waals surface area contributed by atoms with Crippen LogP contribution in [0.1, 0.15) is 22.5 Å². The lowest BCUT2D eigenvalue weighted by Gasteiger charge is -2.18. The molecule has 2 aromatic carbocycles. The van der Waals surface area contributed by atoms with Crippen LogP contribution in [-0.2, 0) is 22.7 Å². The molecule has 0 radical (unpaired) electrons. The Morgan fingerprint density at radius 3 is 2.31 bits per heavy atom. The quantitative estimate of drug-likeness (QED) is 0.614. The van der Waals surface area contributed by atoms with E-state index in [0.717, 1.165) is 33.9 Å². The van der Waals surface area contributed by atoms with Crippen LogP contribution in [0.15, 0.2) is 59.5 Å². The van der Waals surface area contributed by atoms with E-state index in [1.165, 1.54) is 7.05 Å². The van der Waals surface area contributed by atoms with Crippen molar-refractivity contribution in [3.05, 3.63) is 77.1 Å². The smallest absolute Gasteiger partial charge is 0.238 e. The molecular formula is C20H20F3N3O2S. The number of aryl methyl sites for hydroxylation is 1. The lowest BCUT2D eigenvalue weighted by atomic mass is 10.2. The minimum Gasteiger partial charge on any atom is -0.238 e. The Morgan fingerprint density at radius 1 is 1.03 bits per heavy atom. The molecule has 0 saturated heterocycles. The van der Waals surface area contributed by atoms with Crippen LogP contribution in [0.5, 0.6) is 0 Å². The summed E-state index contributed by atoms with van der Waals surface area (Å²) < 4.78 is 67.3. The zero-order chi connectivity index (χ0) is 21.4. The third-order valence-corrected chi connectivity index (χ3v) is 6.49. The number of hydrogen-bond donors (Lipinski definition) is 0.